The van der Waals surface area contributed by atoms with E-state index >= 15 is 0 Å². The number of nitrogens with zero attached hydrogens (tertiary/aromatic N) is 1. The molecular formula is C22H31BrN2O2. The van der Waals surface area contributed by atoms with Crippen LogP contribution >= 0.6 is 15.9 Å². The second kappa shape index (κ2) is 8.34. The van der Waals surface area contributed by atoms with E-state index < -0.39 is 0 Å². The Morgan fingerprint density at radius 3 is 2.37 bits per heavy atom. The van der Waals surface area contributed by atoms with E-state index in [0.29, 0.717) is 24.3 Å². The van der Waals surface area contributed by atoms with Crippen LogP contribution < -0.4 is 5.32 Å². The number of benzene rings is 1. The van der Waals surface area contributed by atoms with Crippen molar-refractivity contribution in [1.29, 1.82) is 0 Å². The summed E-state index contributed by atoms with van der Waals surface area (Å²) in [4.78, 5) is 28.0. The Morgan fingerprint density at radius 2 is 1.78 bits per heavy atom. The van der Waals surface area contributed by atoms with E-state index in [1.165, 1.54) is 5.56 Å². The Hall–Kier alpha value is -1.36. The first kappa shape index (κ1) is 20.4. The maximum Gasteiger partial charge on any atom is 0.243 e. The molecule has 1 saturated carbocycles. The summed E-state index contributed by atoms with van der Waals surface area (Å²) in [6.07, 6.45) is 2.52. The van der Waals surface area contributed by atoms with Gasteiger partial charge in [-0.15, -0.1) is 0 Å². The summed E-state index contributed by atoms with van der Waals surface area (Å²) in [5.74, 6) is 1.36. The highest BCUT2D eigenvalue weighted by Crippen LogP contribution is 2.49. The van der Waals surface area contributed by atoms with E-state index in [0.717, 1.165) is 23.7 Å². The van der Waals surface area contributed by atoms with Gasteiger partial charge in [-0.2, -0.15) is 0 Å². The van der Waals surface area contributed by atoms with Crippen molar-refractivity contribution in [1.82, 2.24) is 10.2 Å². The number of hydrogen-bond acceptors (Lipinski definition) is 2. The molecule has 0 aromatic heterocycles. The molecule has 3 rings (SSSR count). The molecule has 0 spiro atoms. The molecule has 4 nitrogen and oxygen atoms in total. The molecule has 1 saturated heterocycles. The van der Waals surface area contributed by atoms with E-state index in [1.54, 1.807) is 0 Å². The number of nitrogens with one attached hydrogen (secondary N) is 1. The van der Waals surface area contributed by atoms with Crippen LogP contribution in [0.5, 0.6) is 0 Å². The maximum absolute atomic E-state index is 13.3. The minimum atomic E-state index is -0.327. The Bertz CT molecular complexity index is 686. The molecule has 1 N–H and O–H groups in total. The van der Waals surface area contributed by atoms with Crippen molar-refractivity contribution in [3.63, 3.8) is 0 Å². The first-order valence-corrected chi connectivity index (χ1v) is 10.9. The van der Waals surface area contributed by atoms with Gasteiger partial charge in [0.1, 0.15) is 6.04 Å². The summed E-state index contributed by atoms with van der Waals surface area (Å²) < 4.78 is 1.05. The summed E-state index contributed by atoms with van der Waals surface area (Å²) in [5.41, 5.74) is 1.22. The fraction of sp³-hybridized carbons (Fsp3) is 0.636. The van der Waals surface area contributed by atoms with Gasteiger partial charge in [0.05, 0.1) is 0 Å². The lowest BCUT2D eigenvalue weighted by Gasteiger charge is -2.41. The van der Waals surface area contributed by atoms with Crippen LogP contribution in [0.4, 0.5) is 0 Å². The summed E-state index contributed by atoms with van der Waals surface area (Å²) in [5, 5.41) is 3.16. The van der Waals surface area contributed by atoms with E-state index in [4.69, 9.17) is 0 Å². The van der Waals surface area contributed by atoms with Crippen LogP contribution in [-0.4, -0.2) is 35.3 Å². The highest BCUT2D eigenvalue weighted by atomic mass is 79.9. The molecule has 1 aliphatic carbocycles. The van der Waals surface area contributed by atoms with Crippen molar-refractivity contribution in [3.05, 3.63) is 34.3 Å². The topological polar surface area (TPSA) is 49.4 Å². The molecule has 1 aromatic carbocycles. The standard InChI is InChI=1S/C22H31BrN2O2/c1-13(2)9-17-12-25(20(10-14(3)4)21(26)24-17)22(27)19-11-18(19)15-5-7-16(23)8-6-15/h5-8,13-14,17-20H,9-12H2,1-4H3,(H,24,26)/t17-,18-,19+,20-/m0/s1. The van der Waals surface area contributed by atoms with Gasteiger partial charge in [0.25, 0.3) is 0 Å². The first-order chi connectivity index (χ1) is 12.8. The Morgan fingerprint density at radius 1 is 1.15 bits per heavy atom. The van der Waals surface area contributed by atoms with E-state index in [2.05, 4.69) is 61.1 Å². The normalized spacial score (nSPS) is 27.8. The second-order valence-corrected chi connectivity index (χ2v) is 9.89. The van der Waals surface area contributed by atoms with Gasteiger partial charge in [-0.25, -0.2) is 0 Å². The molecule has 1 aromatic rings. The second-order valence-electron chi connectivity index (χ2n) is 8.97. The van der Waals surface area contributed by atoms with Crippen LogP contribution in [0.25, 0.3) is 0 Å². The quantitative estimate of drug-likeness (QED) is 0.723. The monoisotopic (exact) mass is 434 g/mol. The minimum Gasteiger partial charge on any atom is -0.350 e. The molecule has 2 fully saturated rings. The smallest absolute Gasteiger partial charge is 0.243 e. The van der Waals surface area contributed by atoms with Crippen molar-refractivity contribution >= 4 is 27.7 Å². The van der Waals surface area contributed by atoms with E-state index in [9.17, 15) is 9.59 Å². The van der Waals surface area contributed by atoms with E-state index in [1.807, 2.05) is 17.0 Å². The Kier molecular flexibility index (Phi) is 6.29. The van der Waals surface area contributed by atoms with E-state index in [-0.39, 0.29) is 29.8 Å². The summed E-state index contributed by atoms with van der Waals surface area (Å²) in [7, 11) is 0. The zero-order valence-electron chi connectivity index (χ0n) is 16.7. The molecule has 2 amide bonds. The van der Waals surface area contributed by atoms with Gasteiger partial charge in [0, 0.05) is 23.0 Å². The molecule has 1 aliphatic heterocycles. The van der Waals surface area contributed by atoms with Crippen LogP contribution in [0.15, 0.2) is 28.7 Å². The van der Waals surface area contributed by atoms with Crippen LogP contribution in [0.3, 0.4) is 0 Å². The lowest BCUT2D eigenvalue weighted by Crippen LogP contribution is -2.62. The number of carbonyl (C=O) groups excluding carboxylic acids is 2. The summed E-state index contributed by atoms with van der Waals surface area (Å²) in [6.45, 7) is 9.17. The van der Waals surface area contributed by atoms with Crippen molar-refractivity contribution in [2.45, 2.75) is 65.0 Å². The van der Waals surface area contributed by atoms with Crippen LogP contribution in [-0.2, 0) is 9.59 Å². The minimum absolute atomic E-state index is 0.0198. The summed E-state index contributed by atoms with van der Waals surface area (Å²) >= 11 is 3.47. The number of halogens is 1. The fourth-order valence-electron chi connectivity index (χ4n) is 4.24. The third kappa shape index (κ3) is 4.92. The molecule has 2 aliphatic rings. The van der Waals surface area contributed by atoms with Crippen LogP contribution in [0, 0.1) is 17.8 Å². The molecule has 0 unspecified atom stereocenters. The third-order valence-corrected chi connectivity index (χ3v) is 6.11. The molecule has 1 heterocycles. The van der Waals surface area contributed by atoms with Crippen LogP contribution in [0.2, 0.25) is 0 Å². The van der Waals surface area contributed by atoms with Gasteiger partial charge in [0.2, 0.25) is 11.8 Å². The Balaban J connectivity index is 1.74. The molecule has 0 radical (unpaired) electrons. The third-order valence-electron chi connectivity index (χ3n) is 5.58. The van der Waals surface area contributed by atoms with Gasteiger partial charge in [0.15, 0.2) is 0 Å². The van der Waals surface area contributed by atoms with Crippen molar-refractivity contribution in [2.24, 2.45) is 17.8 Å². The molecule has 148 valence electrons. The fourth-order valence-corrected chi connectivity index (χ4v) is 4.50. The van der Waals surface area contributed by atoms with Gasteiger partial charge < -0.3 is 10.2 Å². The van der Waals surface area contributed by atoms with Gasteiger partial charge >= 0.3 is 0 Å². The lowest BCUT2D eigenvalue weighted by molar-refractivity contribution is -0.146. The maximum atomic E-state index is 13.3. The zero-order valence-corrected chi connectivity index (χ0v) is 18.3. The average Bonchev–Trinajstić information content (AvgIpc) is 3.37. The largest absolute Gasteiger partial charge is 0.350 e. The average molecular weight is 435 g/mol. The number of hydrogen-bond donors (Lipinski definition) is 1. The van der Waals surface area contributed by atoms with Gasteiger partial charge in [-0.3, -0.25) is 9.59 Å². The predicted molar refractivity (Wildman–Crippen MR) is 111 cm³/mol. The van der Waals surface area contributed by atoms with Crippen molar-refractivity contribution in [2.75, 3.05) is 6.54 Å². The molecule has 0 bridgehead atoms. The van der Waals surface area contributed by atoms with Gasteiger partial charge in [-0.05, 0) is 54.7 Å². The highest BCUT2D eigenvalue weighted by Gasteiger charge is 2.49. The predicted octanol–water partition coefficient (Wildman–Crippen LogP) is 4.34. The molecule has 4 atom stereocenters. The number of amides is 2. The SMILES string of the molecule is CC(C)C[C@H]1CN(C(=O)[C@@H]2C[C@H]2c2ccc(Br)cc2)[C@@H](CC(C)C)C(=O)N1. The van der Waals surface area contributed by atoms with Crippen molar-refractivity contribution < 1.29 is 9.59 Å². The molecular weight excluding hydrogens is 404 g/mol. The Labute approximate surface area is 171 Å². The van der Waals surface area contributed by atoms with Gasteiger partial charge in [-0.1, -0.05) is 55.8 Å². The highest BCUT2D eigenvalue weighted by molar-refractivity contribution is 9.10. The number of rotatable bonds is 6. The summed E-state index contributed by atoms with van der Waals surface area (Å²) in [6, 6.07) is 7.99. The molecule has 27 heavy (non-hydrogen) atoms. The van der Waals surface area contributed by atoms with Crippen LogP contribution in [0.1, 0.15) is 58.4 Å². The molecule has 5 heteroatoms. The zero-order chi connectivity index (χ0) is 19.7. The first-order valence-electron chi connectivity index (χ1n) is 10.1. The number of piperazine rings is 1. The lowest BCUT2D eigenvalue weighted by atomic mass is 9.94. The number of carbonyl (C=O) groups is 2. The van der Waals surface area contributed by atoms with Crippen molar-refractivity contribution in [3.8, 4) is 0 Å².